The van der Waals surface area contributed by atoms with E-state index >= 15 is 0 Å². The molecule has 0 aliphatic heterocycles. The number of pyridine rings is 1. The van der Waals surface area contributed by atoms with Crippen LogP contribution in [0.25, 0.3) is 0 Å². The zero-order chi connectivity index (χ0) is 11.4. The molecule has 0 bridgehead atoms. The molecule has 0 amide bonds. The predicted molar refractivity (Wildman–Crippen MR) is 69.8 cm³/mol. The maximum Gasteiger partial charge on any atom is 0.0962 e. The summed E-state index contributed by atoms with van der Waals surface area (Å²) in [5.41, 5.74) is 1.26. The van der Waals surface area contributed by atoms with Crippen molar-refractivity contribution in [1.29, 1.82) is 0 Å². The summed E-state index contributed by atoms with van der Waals surface area (Å²) >= 11 is 1.95. The summed E-state index contributed by atoms with van der Waals surface area (Å²) < 4.78 is 0. The first-order valence-corrected chi connectivity index (χ1v) is 6.97. The van der Waals surface area contributed by atoms with E-state index < -0.39 is 0 Å². The van der Waals surface area contributed by atoms with Gasteiger partial charge in [0.2, 0.25) is 0 Å². The number of nitrogens with one attached hydrogen (secondary N) is 1. The average molecular weight is 236 g/mol. The monoisotopic (exact) mass is 236 g/mol. The van der Waals surface area contributed by atoms with Crippen molar-refractivity contribution in [1.82, 2.24) is 10.3 Å². The first-order chi connectivity index (χ1) is 7.79. The van der Waals surface area contributed by atoms with Crippen LogP contribution in [0.3, 0.4) is 0 Å². The van der Waals surface area contributed by atoms with Gasteiger partial charge < -0.3 is 5.32 Å². The minimum Gasteiger partial charge on any atom is -0.313 e. The number of rotatable bonds is 4. The number of nitrogens with zero attached hydrogens (tertiary/aromatic N) is 1. The Bertz CT molecular complexity index is 317. The Morgan fingerprint density at radius 1 is 1.38 bits per heavy atom. The lowest BCUT2D eigenvalue weighted by atomic mass is 10.1. The molecule has 16 heavy (non-hydrogen) atoms. The van der Waals surface area contributed by atoms with Crippen molar-refractivity contribution in [2.75, 3.05) is 7.05 Å². The lowest BCUT2D eigenvalue weighted by Crippen LogP contribution is -2.12. The fourth-order valence-corrected chi connectivity index (χ4v) is 3.23. The molecule has 1 aliphatic carbocycles. The summed E-state index contributed by atoms with van der Waals surface area (Å²) in [7, 11) is 1.98. The molecular formula is C13H20N2S. The van der Waals surface area contributed by atoms with Crippen LogP contribution >= 0.6 is 11.8 Å². The number of hydrogen-bond acceptors (Lipinski definition) is 3. The van der Waals surface area contributed by atoms with Crippen LogP contribution in [0.4, 0.5) is 0 Å². The van der Waals surface area contributed by atoms with E-state index in [1.165, 1.54) is 36.3 Å². The molecule has 3 heteroatoms. The summed E-state index contributed by atoms with van der Waals surface area (Å²) in [5.74, 6) is 0. The smallest absolute Gasteiger partial charge is 0.0962 e. The number of aromatic nitrogens is 1. The Morgan fingerprint density at radius 3 is 2.69 bits per heavy atom. The molecule has 0 saturated heterocycles. The van der Waals surface area contributed by atoms with Gasteiger partial charge in [-0.05, 0) is 38.4 Å². The highest BCUT2D eigenvalue weighted by Gasteiger charge is 2.16. The second-order valence-corrected chi connectivity index (χ2v) is 5.79. The summed E-state index contributed by atoms with van der Waals surface area (Å²) in [6, 6.07) is 4.73. The molecule has 1 aromatic rings. The van der Waals surface area contributed by atoms with Gasteiger partial charge in [0.1, 0.15) is 0 Å². The molecule has 1 aliphatic rings. The van der Waals surface area contributed by atoms with Crippen molar-refractivity contribution in [2.45, 2.75) is 48.9 Å². The fraction of sp³-hybridized carbons (Fsp3) is 0.615. The van der Waals surface area contributed by atoms with Gasteiger partial charge in [-0.15, -0.1) is 11.8 Å². The molecule has 1 unspecified atom stereocenters. The molecule has 0 aromatic carbocycles. The van der Waals surface area contributed by atoms with E-state index in [9.17, 15) is 0 Å². The second-order valence-electron chi connectivity index (χ2n) is 4.46. The van der Waals surface area contributed by atoms with Crippen LogP contribution < -0.4 is 5.32 Å². The Hall–Kier alpha value is -0.540. The van der Waals surface area contributed by atoms with Gasteiger partial charge in [0.25, 0.3) is 0 Å². The van der Waals surface area contributed by atoms with Crippen LogP contribution in [0.2, 0.25) is 0 Å². The Balaban J connectivity index is 1.96. The lowest BCUT2D eigenvalue weighted by Gasteiger charge is -2.11. The summed E-state index contributed by atoms with van der Waals surface area (Å²) in [6.45, 7) is 2.15. The fourth-order valence-electron chi connectivity index (χ4n) is 2.06. The van der Waals surface area contributed by atoms with Crippen LogP contribution in [0.15, 0.2) is 23.4 Å². The molecule has 0 radical (unpaired) electrons. The molecule has 1 fully saturated rings. The standard InChI is InChI=1S/C13H20N2S/c1-10(14-2)11-7-8-13(15-9-11)16-12-5-3-4-6-12/h7-10,12,14H,3-6H2,1-2H3. The Morgan fingerprint density at radius 2 is 2.12 bits per heavy atom. The van der Waals surface area contributed by atoms with Crippen molar-refractivity contribution in [3.8, 4) is 0 Å². The van der Waals surface area contributed by atoms with Gasteiger partial charge in [-0.3, -0.25) is 0 Å². The van der Waals surface area contributed by atoms with Crippen LogP contribution in [0, 0.1) is 0 Å². The van der Waals surface area contributed by atoms with Crippen molar-refractivity contribution >= 4 is 11.8 Å². The van der Waals surface area contributed by atoms with Gasteiger partial charge in [0, 0.05) is 17.5 Å². The number of thioether (sulfide) groups is 1. The van der Waals surface area contributed by atoms with E-state index in [4.69, 9.17) is 0 Å². The lowest BCUT2D eigenvalue weighted by molar-refractivity contribution is 0.648. The molecule has 0 spiro atoms. The van der Waals surface area contributed by atoms with E-state index in [2.05, 4.69) is 29.4 Å². The van der Waals surface area contributed by atoms with Crippen molar-refractivity contribution in [2.24, 2.45) is 0 Å². The third kappa shape index (κ3) is 2.98. The zero-order valence-corrected chi connectivity index (χ0v) is 10.9. The average Bonchev–Trinajstić information content (AvgIpc) is 2.82. The highest BCUT2D eigenvalue weighted by atomic mass is 32.2. The van der Waals surface area contributed by atoms with Crippen LogP contribution in [0.5, 0.6) is 0 Å². The third-order valence-corrected chi connectivity index (χ3v) is 4.57. The number of hydrogen-bond donors (Lipinski definition) is 1. The third-order valence-electron chi connectivity index (χ3n) is 3.28. The van der Waals surface area contributed by atoms with Crippen LogP contribution in [-0.2, 0) is 0 Å². The Labute approximate surface area is 102 Å². The van der Waals surface area contributed by atoms with Crippen LogP contribution in [0.1, 0.15) is 44.2 Å². The highest BCUT2D eigenvalue weighted by Crippen LogP contribution is 2.33. The minimum absolute atomic E-state index is 0.387. The quantitative estimate of drug-likeness (QED) is 0.867. The molecule has 1 saturated carbocycles. The topological polar surface area (TPSA) is 24.9 Å². The highest BCUT2D eigenvalue weighted by molar-refractivity contribution is 7.99. The summed E-state index contributed by atoms with van der Waals surface area (Å²) in [4.78, 5) is 4.53. The second kappa shape index (κ2) is 5.69. The van der Waals surface area contributed by atoms with Crippen molar-refractivity contribution in [3.63, 3.8) is 0 Å². The van der Waals surface area contributed by atoms with E-state index in [0.29, 0.717) is 6.04 Å². The van der Waals surface area contributed by atoms with E-state index in [0.717, 1.165) is 5.25 Å². The largest absolute Gasteiger partial charge is 0.313 e. The SMILES string of the molecule is CNC(C)c1ccc(SC2CCCC2)nc1. The summed E-state index contributed by atoms with van der Waals surface area (Å²) in [5, 5.41) is 5.21. The van der Waals surface area contributed by atoms with Crippen LogP contribution in [-0.4, -0.2) is 17.3 Å². The van der Waals surface area contributed by atoms with Gasteiger partial charge in [-0.2, -0.15) is 0 Å². The molecule has 1 heterocycles. The van der Waals surface area contributed by atoms with Gasteiger partial charge >= 0.3 is 0 Å². The van der Waals surface area contributed by atoms with Gasteiger partial charge in [0.05, 0.1) is 5.03 Å². The predicted octanol–water partition coefficient (Wildman–Crippen LogP) is 3.40. The molecule has 88 valence electrons. The molecular weight excluding hydrogens is 216 g/mol. The first-order valence-electron chi connectivity index (χ1n) is 6.09. The van der Waals surface area contributed by atoms with E-state index in [1.807, 2.05) is 25.0 Å². The maximum absolute atomic E-state index is 4.53. The molecule has 1 atom stereocenters. The summed E-state index contributed by atoms with van der Waals surface area (Å²) in [6.07, 6.45) is 7.51. The molecule has 2 nitrogen and oxygen atoms in total. The van der Waals surface area contributed by atoms with Crippen molar-refractivity contribution < 1.29 is 0 Å². The maximum atomic E-state index is 4.53. The van der Waals surface area contributed by atoms with E-state index in [1.54, 1.807) is 0 Å². The Kier molecular flexibility index (Phi) is 4.24. The van der Waals surface area contributed by atoms with Crippen molar-refractivity contribution in [3.05, 3.63) is 23.9 Å². The molecule has 1 N–H and O–H groups in total. The van der Waals surface area contributed by atoms with Gasteiger partial charge in [0.15, 0.2) is 0 Å². The molecule has 2 rings (SSSR count). The van der Waals surface area contributed by atoms with Gasteiger partial charge in [-0.25, -0.2) is 4.98 Å². The molecule has 1 aromatic heterocycles. The van der Waals surface area contributed by atoms with Gasteiger partial charge in [-0.1, -0.05) is 18.9 Å². The zero-order valence-electron chi connectivity index (χ0n) is 10.1. The minimum atomic E-state index is 0.387. The first kappa shape index (κ1) is 11.9. The van der Waals surface area contributed by atoms with E-state index in [-0.39, 0.29) is 0 Å². The normalized spacial score (nSPS) is 18.9.